The molecule has 1 aliphatic heterocycles. The Morgan fingerprint density at radius 1 is 1.37 bits per heavy atom. The lowest BCUT2D eigenvalue weighted by atomic mass is 10.0. The molecule has 0 spiro atoms. The van der Waals surface area contributed by atoms with Crippen LogP contribution < -0.4 is 5.32 Å². The van der Waals surface area contributed by atoms with Gasteiger partial charge in [0.2, 0.25) is 0 Å². The third kappa shape index (κ3) is 3.58. The molecule has 1 fully saturated rings. The van der Waals surface area contributed by atoms with Crippen molar-refractivity contribution in [1.82, 2.24) is 10.2 Å². The van der Waals surface area contributed by atoms with Crippen LogP contribution in [0.2, 0.25) is 0 Å². The summed E-state index contributed by atoms with van der Waals surface area (Å²) in [5, 5.41) is 3.32. The summed E-state index contributed by atoms with van der Waals surface area (Å²) in [5.74, 6) is 0. The largest absolute Gasteiger partial charge is 0.418 e. The first-order chi connectivity index (χ1) is 9.18. The van der Waals surface area contributed by atoms with Gasteiger partial charge in [0.05, 0.1) is 12.3 Å². The number of ether oxygens (including phenoxy) is 1. The van der Waals surface area contributed by atoms with Crippen molar-refractivity contribution in [2.75, 3.05) is 19.6 Å². The van der Waals surface area contributed by atoms with Gasteiger partial charge in [0, 0.05) is 19.6 Å². The molecule has 0 bridgehead atoms. The van der Waals surface area contributed by atoms with Gasteiger partial charge in [-0.05, 0) is 25.0 Å². The Balaban J connectivity index is 2.12. The van der Waals surface area contributed by atoms with Gasteiger partial charge >= 0.3 is 6.09 Å². The monoisotopic (exact) mass is 260 g/mol. The standard InChI is InChI=1S/C15H20N2O2/c1-12(2)11-19-15(18)17-9-8-16-10-14(17)13-6-4-3-5-7-13/h3-7,11,14,16H,8-10H2,1-2H3. The summed E-state index contributed by atoms with van der Waals surface area (Å²) < 4.78 is 5.19. The number of allylic oxidation sites excluding steroid dienone is 1. The maximum atomic E-state index is 12.1. The van der Waals surface area contributed by atoms with Crippen molar-refractivity contribution >= 4 is 6.09 Å². The van der Waals surface area contributed by atoms with E-state index >= 15 is 0 Å². The molecule has 0 aromatic heterocycles. The molecule has 19 heavy (non-hydrogen) atoms. The van der Waals surface area contributed by atoms with E-state index in [1.165, 1.54) is 6.26 Å². The van der Waals surface area contributed by atoms with Crippen LogP contribution in [0.3, 0.4) is 0 Å². The van der Waals surface area contributed by atoms with Gasteiger partial charge in [-0.2, -0.15) is 0 Å². The third-order valence-electron chi connectivity index (χ3n) is 3.06. The van der Waals surface area contributed by atoms with Crippen molar-refractivity contribution < 1.29 is 9.53 Å². The highest BCUT2D eigenvalue weighted by Gasteiger charge is 2.28. The predicted octanol–water partition coefficient (Wildman–Crippen LogP) is 2.69. The smallest absolute Gasteiger partial charge is 0.415 e. The minimum absolute atomic E-state index is 0.0352. The van der Waals surface area contributed by atoms with Crippen LogP contribution in [0.1, 0.15) is 25.5 Å². The van der Waals surface area contributed by atoms with Crippen LogP contribution in [0.25, 0.3) is 0 Å². The van der Waals surface area contributed by atoms with E-state index in [4.69, 9.17) is 4.74 Å². The van der Waals surface area contributed by atoms with E-state index in [-0.39, 0.29) is 12.1 Å². The average molecular weight is 260 g/mol. The van der Waals surface area contributed by atoms with Crippen LogP contribution in [0, 0.1) is 0 Å². The van der Waals surface area contributed by atoms with Crippen molar-refractivity contribution in [1.29, 1.82) is 0 Å². The first-order valence-electron chi connectivity index (χ1n) is 6.55. The van der Waals surface area contributed by atoms with E-state index in [2.05, 4.69) is 5.32 Å². The Morgan fingerprint density at radius 2 is 2.11 bits per heavy atom. The molecule has 0 saturated carbocycles. The number of benzene rings is 1. The van der Waals surface area contributed by atoms with Crippen molar-refractivity contribution in [2.45, 2.75) is 19.9 Å². The molecule has 1 aromatic carbocycles. The molecule has 0 aliphatic carbocycles. The Bertz CT molecular complexity index is 452. The number of nitrogens with one attached hydrogen (secondary N) is 1. The molecule has 4 nitrogen and oxygen atoms in total. The van der Waals surface area contributed by atoms with Crippen molar-refractivity contribution in [3.05, 3.63) is 47.7 Å². The van der Waals surface area contributed by atoms with Crippen LogP contribution in [0.15, 0.2) is 42.2 Å². The van der Waals surface area contributed by atoms with Crippen LogP contribution in [0.5, 0.6) is 0 Å². The fourth-order valence-electron chi connectivity index (χ4n) is 2.13. The Labute approximate surface area is 114 Å². The molecule has 2 rings (SSSR count). The molecular formula is C15H20N2O2. The lowest BCUT2D eigenvalue weighted by Gasteiger charge is -2.35. The quantitative estimate of drug-likeness (QED) is 0.831. The Hall–Kier alpha value is -1.81. The van der Waals surface area contributed by atoms with E-state index in [9.17, 15) is 4.79 Å². The second-order valence-electron chi connectivity index (χ2n) is 4.90. The molecule has 4 heteroatoms. The van der Waals surface area contributed by atoms with Crippen LogP contribution in [-0.4, -0.2) is 30.6 Å². The highest BCUT2D eigenvalue weighted by atomic mass is 16.5. The maximum Gasteiger partial charge on any atom is 0.415 e. The number of rotatable bonds is 2. The second kappa shape index (κ2) is 6.38. The van der Waals surface area contributed by atoms with Crippen molar-refractivity contribution in [2.24, 2.45) is 0 Å². The summed E-state index contributed by atoms with van der Waals surface area (Å²) in [6, 6.07) is 10.1. The third-order valence-corrected chi connectivity index (χ3v) is 3.06. The summed E-state index contributed by atoms with van der Waals surface area (Å²) in [6.45, 7) is 6.02. The zero-order valence-electron chi connectivity index (χ0n) is 11.4. The van der Waals surface area contributed by atoms with Crippen LogP contribution >= 0.6 is 0 Å². The van der Waals surface area contributed by atoms with E-state index in [0.717, 1.165) is 24.2 Å². The highest BCUT2D eigenvalue weighted by Crippen LogP contribution is 2.22. The number of amides is 1. The van der Waals surface area contributed by atoms with Crippen molar-refractivity contribution in [3.8, 4) is 0 Å². The number of carbonyl (C=O) groups is 1. The average Bonchev–Trinajstić information content (AvgIpc) is 2.45. The number of hydrogen-bond acceptors (Lipinski definition) is 3. The summed E-state index contributed by atoms with van der Waals surface area (Å²) >= 11 is 0. The first kappa shape index (κ1) is 13.6. The van der Waals surface area contributed by atoms with E-state index in [0.29, 0.717) is 6.54 Å². The summed E-state index contributed by atoms with van der Waals surface area (Å²) in [6.07, 6.45) is 1.23. The normalized spacial score (nSPS) is 18.8. The van der Waals surface area contributed by atoms with Gasteiger partial charge < -0.3 is 10.1 Å². The SMILES string of the molecule is CC(C)=COC(=O)N1CCNCC1c1ccccc1. The zero-order valence-corrected chi connectivity index (χ0v) is 11.4. The molecule has 1 saturated heterocycles. The minimum atomic E-state index is -0.281. The van der Waals surface area contributed by atoms with E-state index in [1.807, 2.05) is 44.2 Å². The van der Waals surface area contributed by atoms with Gasteiger partial charge in [0.15, 0.2) is 0 Å². The van der Waals surface area contributed by atoms with Gasteiger partial charge in [0.1, 0.15) is 0 Å². The van der Waals surface area contributed by atoms with E-state index < -0.39 is 0 Å². The number of piperazine rings is 1. The van der Waals surface area contributed by atoms with Crippen LogP contribution in [0.4, 0.5) is 4.79 Å². The summed E-state index contributed by atoms with van der Waals surface area (Å²) in [5.41, 5.74) is 2.10. The fraction of sp³-hybridized carbons (Fsp3) is 0.400. The van der Waals surface area contributed by atoms with E-state index in [1.54, 1.807) is 4.90 Å². The first-order valence-corrected chi connectivity index (χ1v) is 6.55. The Morgan fingerprint density at radius 3 is 2.79 bits per heavy atom. The molecular weight excluding hydrogens is 240 g/mol. The lowest BCUT2D eigenvalue weighted by molar-refractivity contribution is 0.105. The number of carbonyl (C=O) groups excluding carboxylic acids is 1. The van der Waals surface area contributed by atoms with Gasteiger partial charge in [-0.15, -0.1) is 0 Å². The number of nitrogens with zero attached hydrogens (tertiary/aromatic N) is 1. The van der Waals surface area contributed by atoms with Gasteiger partial charge in [-0.25, -0.2) is 4.79 Å². The maximum absolute atomic E-state index is 12.1. The molecule has 1 aliphatic rings. The molecule has 1 unspecified atom stereocenters. The molecule has 1 atom stereocenters. The topological polar surface area (TPSA) is 41.6 Å². The number of hydrogen-bond donors (Lipinski definition) is 1. The fourth-order valence-corrected chi connectivity index (χ4v) is 2.13. The second-order valence-corrected chi connectivity index (χ2v) is 4.90. The molecule has 0 radical (unpaired) electrons. The lowest BCUT2D eigenvalue weighted by Crippen LogP contribution is -2.48. The highest BCUT2D eigenvalue weighted by molar-refractivity contribution is 5.69. The molecule has 1 N–H and O–H groups in total. The van der Waals surface area contributed by atoms with Gasteiger partial charge in [-0.3, -0.25) is 4.90 Å². The van der Waals surface area contributed by atoms with Crippen LogP contribution in [-0.2, 0) is 4.74 Å². The summed E-state index contributed by atoms with van der Waals surface area (Å²) in [4.78, 5) is 13.9. The minimum Gasteiger partial charge on any atom is -0.418 e. The molecule has 102 valence electrons. The predicted molar refractivity (Wildman–Crippen MR) is 74.7 cm³/mol. The van der Waals surface area contributed by atoms with Gasteiger partial charge in [-0.1, -0.05) is 30.3 Å². The summed E-state index contributed by atoms with van der Waals surface area (Å²) in [7, 11) is 0. The zero-order chi connectivity index (χ0) is 13.7. The Kier molecular flexibility index (Phi) is 4.58. The molecule has 1 amide bonds. The van der Waals surface area contributed by atoms with Crippen molar-refractivity contribution in [3.63, 3.8) is 0 Å². The molecule has 1 aromatic rings. The van der Waals surface area contributed by atoms with Gasteiger partial charge in [0.25, 0.3) is 0 Å². The molecule has 1 heterocycles.